The highest BCUT2D eigenvalue weighted by atomic mass is 16.7. The molecule has 0 aromatic carbocycles. The van der Waals surface area contributed by atoms with Crippen LogP contribution in [0.1, 0.15) is 85.0 Å². The number of amides is 6. The Labute approximate surface area is 236 Å². The van der Waals surface area contributed by atoms with Gasteiger partial charge < -0.3 is 24.6 Å². The molecule has 0 aromatic rings. The molecule has 1 atom stereocenters. The zero-order chi connectivity index (χ0) is 30.4. The number of carbonyl (C=O) groups is 8. The predicted octanol–water partition coefficient (Wildman–Crippen LogP) is 0.0537. The molecule has 3 saturated heterocycles. The molecular formula is C26H36N4O11. The van der Waals surface area contributed by atoms with Crippen molar-refractivity contribution in [3.63, 3.8) is 0 Å². The van der Waals surface area contributed by atoms with Gasteiger partial charge in [-0.3, -0.25) is 28.8 Å². The Kier molecular flexibility index (Phi) is 10.2. The minimum Gasteiger partial charge on any atom is -0.375 e. The molecular weight excluding hydrogens is 544 g/mol. The molecule has 3 aliphatic rings. The number of nitrogens with one attached hydrogen (secondary N) is 1. The zero-order valence-corrected chi connectivity index (χ0v) is 23.5. The Morgan fingerprint density at radius 3 is 1.80 bits per heavy atom. The first-order valence-electron chi connectivity index (χ1n) is 13.5. The molecule has 3 fully saturated rings. The summed E-state index contributed by atoms with van der Waals surface area (Å²) < 4.78 is 5.96. The maximum atomic E-state index is 12.5. The summed E-state index contributed by atoms with van der Waals surface area (Å²) in [7, 11) is 0. The van der Waals surface area contributed by atoms with Crippen molar-refractivity contribution in [3.05, 3.63) is 0 Å². The normalized spacial score (nSPS) is 20.5. The monoisotopic (exact) mass is 580 g/mol. The average molecular weight is 581 g/mol. The molecule has 6 amide bonds. The Morgan fingerprint density at radius 1 is 0.805 bits per heavy atom. The van der Waals surface area contributed by atoms with Crippen LogP contribution in [0.3, 0.4) is 0 Å². The first-order chi connectivity index (χ1) is 19.2. The summed E-state index contributed by atoms with van der Waals surface area (Å²) in [5.74, 6) is -4.62. The van der Waals surface area contributed by atoms with Crippen LogP contribution in [0.25, 0.3) is 0 Å². The van der Waals surface area contributed by atoms with E-state index < -0.39 is 46.7 Å². The highest BCUT2D eigenvalue weighted by Gasteiger charge is 2.50. The second-order valence-corrected chi connectivity index (χ2v) is 11.0. The minimum atomic E-state index is -0.844. The van der Waals surface area contributed by atoms with Crippen molar-refractivity contribution in [1.82, 2.24) is 20.3 Å². The number of carbonyl (C=O) groups excluding carboxylic acids is 8. The van der Waals surface area contributed by atoms with Crippen molar-refractivity contribution in [1.29, 1.82) is 0 Å². The van der Waals surface area contributed by atoms with Crippen LogP contribution in [0.2, 0.25) is 0 Å². The third-order valence-corrected chi connectivity index (χ3v) is 7.03. The van der Waals surface area contributed by atoms with Crippen LogP contribution < -0.4 is 5.32 Å². The lowest BCUT2D eigenvalue weighted by molar-refractivity contribution is -0.197. The maximum absolute atomic E-state index is 12.5. The molecule has 0 bridgehead atoms. The highest BCUT2D eigenvalue weighted by molar-refractivity contribution is 6.02. The van der Waals surface area contributed by atoms with Gasteiger partial charge in [0.2, 0.25) is 11.8 Å². The number of ether oxygens (including phenoxy) is 1. The van der Waals surface area contributed by atoms with E-state index in [-0.39, 0.29) is 69.7 Å². The number of nitrogens with zero attached hydrogens (tertiary/aromatic N) is 3. The van der Waals surface area contributed by atoms with E-state index in [1.165, 1.54) is 0 Å². The summed E-state index contributed by atoms with van der Waals surface area (Å²) in [6, 6.07) is 0. The van der Waals surface area contributed by atoms with Gasteiger partial charge >= 0.3 is 11.9 Å². The smallest absolute Gasteiger partial charge is 0.333 e. The Bertz CT molecular complexity index is 1090. The van der Waals surface area contributed by atoms with E-state index in [1.54, 1.807) is 4.90 Å². The van der Waals surface area contributed by atoms with E-state index >= 15 is 0 Å². The van der Waals surface area contributed by atoms with Crippen LogP contribution >= 0.6 is 0 Å². The van der Waals surface area contributed by atoms with Gasteiger partial charge in [-0.2, -0.15) is 0 Å². The molecule has 3 heterocycles. The second-order valence-electron chi connectivity index (χ2n) is 11.0. The van der Waals surface area contributed by atoms with Gasteiger partial charge in [-0.25, -0.2) is 9.59 Å². The minimum absolute atomic E-state index is 0.00257. The Balaban J connectivity index is 1.26. The number of imide groups is 2. The topological polar surface area (TPSA) is 186 Å². The van der Waals surface area contributed by atoms with Crippen molar-refractivity contribution in [3.8, 4) is 0 Å². The molecule has 0 spiro atoms. The predicted molar refractivity (Wildman–Crippen MR) is 135 cm³/mol. The quantitative estimate of drug-likeness (QED) is 0.204. The number of hydroxylamine groups is 4. The fraction of sp³-hybridized carbons (Fsp3) is 0.692. The van der Waals surface area contributed by atoms with Crippen molar-refractivity contribution < 1.29 is 52.8 Å². The third-order valence-electron chi connectivity index (χ3n) is 7.03. The Morgan fingerprint density at radius 2 is 1.29 bits per heavy atom. The third kappa shape index (κ3) is 9.06. The largest absolute Gasteiger partial charge is 0.375 e. The van der Waals surface area contributed by atoms with E-state index in [0.29, 0.717) is 36.1 Å². The number of hydrogen-bond acceptors (Lipinski definition) is 11. The second kappa shape index (κ2) is 13.2. The van der Waals surface area contributed by atoms with Crippen LogP contribution in [0, 0.1) is 0 Å². The molecule has 15 nitrogen and oxygen atoms in total. The fourth-order valence-electron chi connectivity index (χ4n) is 4.29. The molecule has 1 unspecified atom stereocenters. The lowest BCUT2D eigenvalue weighted by Gasteiger charge is -2.26. The number of hydrogen-bond donors (Lipinski definition) is 1. The lowest BCUT2D eigenvalue weighted by atomic mass is 10.0. The lowest BCUT2D eigenvalue weighted by Crippen LogP contribution is -2.35. The van der Waals surface area contributed by atoms with Gasteiger partial charge in [0.1, 0.15) is 0 Å². The highest BCUT2D eigenvalue weighted by Crippen LogP contribution is 2.36. The van der Waals surface area contributed by atoms with E-state index in [4.69, 9.17) is 14.4 Å². The molecule has 3 rings (SSSR count). The van der Waals surface area contributed by atoms with Gasteiger partial charge in [0, 0.05) is 58.2 Å². The van der Waals surface area contributed by atoms with Gasteiger partial charge in [0.15, 0.2) is 0 Å². The van der Waals surface area contributed by atoms with Gasteiger partial charge in [0.05, 0.1) is 24.0 Å². The molecule has 0 aromatic heterocycles. The SMILES string of the molecule is CC(C)(CCNC(=O)CCC(=O)ON1C(=O)CCC1=O)OCCC1(C)CN1C(=O)CCC(=O)ON1C(=O)CCC1=O. The molecule has 41 heavy (non-hydrogen) atoms. The van der Waals surface area contributed by atoms with E-state index in [1.807, 2.05) is 20.8 Å². The van der Waals surface area contributed by atoms with Crippen molar-refractivity contribution in [2.24, 2.45) is 0 Å². The molecule has 1 N–H and O–H groups in total. The summed E-state index contributed by atoms with van der Waals surface area (Å²) in [6.45, 7) is 6.77. The average Bonchev–Trinajstić information content (AvgIpc) is 3.35. The molecule has 0 saturated carbocycles. The van der Waals surface area contributed by atoms with Crippen molar-refractivity contribution in [2.75, 3.05) is 19.7 Å². The van der Waals surface area contributed by atoms with Crippen molar-refractivity contribution >= 4 is 47.4 Å². The summed E-state index contributed by atoms with van der Waals surface area (Å²) >= 11 is 0. The van der Waals surface area contributed by atoms with Crippen LogP contribution in [0.5, 0.6) is 0 Å². The van der Waals surface area contributed by atoms with Crippen LogP contribution in [0.4, 0.5) is 0 Å². The Hall–Kier alpha value is -3.88. The standard InChI is InChI=1S/C26H36N4O11/c1-25(2,12-14-27-17(31)4-10-23(37)40-29-19(33)5-6-20(29)34)39-15-13-26(3)16-28(26)18(32)9-11-24(38)41-30-21(35)7-8-22(30)36/h4-16H2,1-3H3,(H,27,31). The van der Waals surface area contributed by atoms with Crippen molar-refractivity contribution in [2.45, 2.75) is 96.1 Å². The van der Waals surface area contributed by atoms with E-state index in [9.17, 15) is 38.4 Å². The maximum Gasteiger partial charge on any atom is 0.333 e. The van der Waals surface area contributed by atoms with Crippen LogP contribution in [-0.4, -0.2) is 93.2 Å². The fourth-order valence-corrected chi connectivity index (χ4v) is 4.29. The van der Waals surface area contributed by atoms with Gasteiger partial charge in [-0.05, 0) is 33.6 Å². The van der Waals surface area contributed by atoms with Crippen LogP contribution in [0.15, 0.2) is 0 Å². The zero-order valence-electron chi connectivity index (χ0n) is 23.5. The molecule has 0 aliphatic carbocycles. The molecule has 226 valence electrons. The van der Waals surface area contributed by atoms with Gasteiger partial charge in [0.25, 0.3) is 23.6 Å². The van der Waals surface area contributed by atoms with E-state index in [0.717, 1.165) is 0 Å². The van der Waals surface area contributed by atoms with Crippen LogP contribution in [-0.2, 0) is 52.8 Å². The first kappa shape index (κ1) is 31.6. The summed E-state index contributed by atoms with van der Waals surface area (Å²) in [6.07, 6.45) is 0.206. The molecule has 15 heteroatoms. The van der Waals surface area contributed by atoms with E-state index in [2.05, 4.69) is 5.32 Å². The number of rotatable bonds is 15. The molecule has 0 radical (unpaired) electrons. The molecule has 3 aliphatic heterocycles. The first-order valence-corrected chi connectivity index (χ1v) is 13.5. The summed E-state index contributed by atoms with van der Waals surface area (Å²) in [5, 5.41) is 3.59. The van der Waals surface area contributed by atoms with Gasteiger partial charge in [-0.1, -0.05) is 0 Å². The summed E-state index contributed by atoms with van der Waals surface area (Å²) in [4.78, 5) is 105. The van der Waals surface area contributed by atoms with Gasteiger partial charge in [-0.15, -0.1) is 10.1 Å². The summed E-state index contributed by atoms with van der Waals surface area (Å²) in [5.41, 5.74) is -0.998.